The van der Waals surface area contributed by atoms with Crippen molar-refractivity contribution in [3.63, 3.8) is 0 Å². The first-order chi connectivity index (χ1) is 12.5. The zero-order valence-electron chi connectivity index (χ0n) is 14.5. The van der Waals surface area contributed by atoms with E-state index in [-0.39, 0.29) is 23.8 Å². The van der Waals surface area contributed by atoms with Crippen molar-refractivity contribution in [1.82, 2.24) is 10.6 Å². The first kappa shape index (κ1) is 17.7. The number of anilines is 1. The average Bonchev–Trinajstić information content (AvgIpc) is 3.46. The standard InChI is InChI=1S/C20H21N3O3/c1-13(21-19(25)14-7-3-2-4-8-14)18(24)23-17-10-6-5-9-16(17)20(26)22-15-11-12-15/h2-10,13,15H,11-12H2,1H3,(H,21,25)(H,22,26)(H,23,24). The number of para-hydroxylation sites is 1. The van der Waals surface area contributed by atoms with E-state index in [1.165, 1.54) is 0 Å². The van der Waals surface area contributed by atoms with Crippen LogP contribution in [0.5, 0.6) is 0 Å². The van der Waals surface area contributed by atoms with Crippen LogP contribution in [0.2, 0.25) is 0 Å². The van der Waals surface area contributed by atoms with Gasteiger partial charge < -0.3 is 16.0 Å². The molecule has 0 bridgehead atoms. The zero-order valence-corrected chi connectivity index (χ0v) is 14.5. The lowest BCUT2D eigenvalue weighted by Gasteiger charge is -2.16. The third-order valence-electron chi connectivity index (χ3n) is 4.12. The summed E-state index contributed by atoms with van der Waals surface area (Å²) in [5.74, 6) is -0.918. The van der Waals surface area contributed by atoms with Crippen LogP contribution in [0.4, 0.5) is 5.69 Å². The summed E-state index contributed by atoms with van der Waals surface area (Å²) in [6.07, 6.45) is 1.98. The van der Waals surface area contributed by atoms with E-state index in [0.29, 0.717) is 16.8 Å². The van der Waals surface area contributed by atoms with Crippen molar-refractivity contribution >= 4 is 23.4 Å². The van der Waals surface area contributed by atoms with Crippen LogP contribution in [0.1, 0.15) is 40.5 Å². The summed E-state index contributed by atoms with van der Waals surface area (Å²) < 4.78 is 0. The van der Waals surface area contributed by atoms with Crippen LogP contribution in [0, 0.1) is 0 Å². The van der Waals surface area contributed by atoms with E-state index in [4.69, 9.17) is 0 Å². The fourth-order valence-electron chi connectivity index (χ4n) is 2.46. The van der Waals surface area contributed by atoms with Gasteiger partial charge in [0.25, 0.3) is 11.8 Å². The van der Waals surface area contributed by atoms with Crippen molar-refractivity contribution in [2.24, 2.45) is 0 Å². The van der Waals surface area contributed by atoms with Crippen molar-refractivity contribution in [2.75, 3.05) is 5.32 Å². The lowest BCUT2D eigenvalue weighted by Crippen LogP contribution is -2.42. The number of nitrogens with one attached hydrogen (secondary N) is 3. The van der Waals surface area contributed by atoms with E-state index < -0.39 is 6.04 Å². The van der Waals surface area contributed by atoms with Crippen molar-refractivity contribution in [3.8, 4) is 0 Å². The second-order valence-corrected chi connectivity index (χ2v) is 6.34. The zero-order chi connectivity index (χ0) is 18.5. The monoisotopic (exact) mass is 351 g/mol. The molecule has 2 aromatic carbocycles. The maximum Gasteiger partial charge on any atom is 0.253 e. The van der Waals surface area contributed by atoms with Crippen LogP contribution in [0.3, 0.4) is 0 Å². The molecule has 1 saturated carbocycles. The smallest absolute Gasteiger partial charge is 0.253 e. The fraction of sp³-hybridized carbons (Fsp3) is 0.250. The van der Waals surface area contributed by atoms with Gasteiger partial charge in [-0.15, -0.1) is 0 Å². The van der Waals surface area contributed by atoms with Gasteiger partial charge in [0.1, 0.15) is 6.04 Å². The SMILES string of the molecule is CC(NC(=O)c1ccccc1)C(=O)Nc1ccccc1C(=O)NC1CC1. The molecule has 0 heterocycles. The third-order valence-corrected chi connectivity index (χ3v) is 4.12. The first-order valence-electron chi connectivity index (χ1n) is 8.61. The van der Waals surface area contributed by atoms with Gasteiger partial charge >= 0.3 is 0 Å². The first-order valence-corrected chi connectivity index (χ1v) is 8.61. The number of carbonyl (C=O) groups is 3. The summed E-state index contributed by atoms with van der Waals surface area (Å²) in [6, 6.07) is 15.0. The van der Waals surface area contributed by atoms with Gasteiger partial charge in [-0.3, -0.25) is 14.4 Å². The Morgan fingerprint density at radius 2 is 1.58 bits per heavy atom. The Labute approximate surface area is 152 Å². The molecule has 2 aromatic rings. The maximum absolute atomic E-state index is 12.4. The summed E-state index contributed by atoms with van der Waals surface area (Å²) in [4.78, 5) is 36.9. The summed E-state index contributed by atoms with van der Waals surface area (Å²) in [5, 5.41) is 8.29. The summed E-state index contributed by atoms with van der Waals surface area (Å²) in [5.41, 5.74) is 1.32. The molecule has 134 valence electrons. The minimum absolute atomic E-state index is 0.204. The second kappa shape index (κ2) is 7.82. The summed E-state index contributed by atoms with van der Waals surface area (Å²) in [6.45, 7) is 1.60. The summed E-state index contributed by atoms with van der Waals surface area (Å²) >= 11 is 0. The molecule has 26 heavy (non-hydrogen) atoms. The van der Waals surface area contributed by atoms with Crippen molar-refractivity contribution in [2.45, 2.75) is 31.8 Å². The molecule has 1 fully saturated rings. The maximum atomic E-state index is 12.4. The van der Waals surface area contributed by atoms with Crippen molar-refractivity contribution in [1.29, 1.82) is 0 Å². The van der Waals surface area contributed by atoms with Crippen molar-refractivity contribution in [3.05, 3.63) is 65.7 Å². The number of amides is 3. The van der Waals surface area contributed by atoms with E-state index >= 15 is 0 Å². The highest BCUT2D eigenvalue weighted by molar-refractivity contribution is 6.06. The Morgan fingerprint density at radius 3 is 2.27 bits per heavy atom. The number of rotatable bonds is 6. The van der Waals surface area contributed by atoms with Gasteiger partial charge in [-0.25, -0.2) is 0 Å². The van der Waals surface area contributed by atoms with Gasteiger partial charge in [-0.05, 0) is 44.0 Å². The normalized spacial score (nSPS) is 14.2. The van der Waals surface area contributed by atoms with Gasteiger partial charge in [0, 0.05) is 11.6 Å². The summed E-state index contributed by atoms with van der Waals surface area (Å²) in [7, 11) is 0. The third kappa shape index (κ3) is 4.47. The molecule has 3 amide bonds. The second-order valence-electron chi connectivity index (χ2n) is 6.34. The number of carbonyl (C=O) groups excluding carboxylic acids is 3. The Kier molecular flexibility index (Phi) is 5.31. The van der Waals surface area contributed by atoms with E-state index in [1.807, 2.05) is 6.07 Å². The van der Waals surface area contributed by atoms with Gasteiger partial charge in [0.05, 0.1) is 11.3 Å². The van der Waals surface area contributed by atoms with E-state index in [2.05, 4.69) is 16.0 Å². The van der Waals surface area contributed by atoms with Gasteiger partial charge in [0.15, 0.2) is 0 Å². The van der Waals surface area contributed by atoms with Crippen LogP contribution in [-0.4, -0.2) is 29.8 Å². The minimum atomic E-state index is -0.748. The molecular weight excluding hydrogens is 330 g/mol. The molecule has 1 aliphatic carbocycles. The highest BCUT2D eigenvalue weighted by atomic mass is 16.2. The largest absolute Gasteiger partial charge is 0.349 e. The predicted molar refractivity (Wildman–Crippen MR) is 98.9 cm³/mol. The van der Waals surface area contributed by atoms with Crippen molar-refractivity contribution < 1.29 is 14.4 Å². The molecule has 0 radical (unpaired) electrons. The Bertz CT molecular complexity index is 816. The molecule has 0 saturated heterocycles. The van der Waals surface area contributed by atoms with E-state index in [0.717, 1.165) is 12.8 Å². The predicted octanol–water partition coefficient (Wildman–Crippen LogP) is 2.34. The quantitative estimate of drug-likeness (QED) is 0.746. The fourth-order valence-corrected chi connectivity index (χ4v) is 2.46. The van der Waals surface area contributed by atoms with Crippen LogP contribution in [0.25, 0.3) is 0 Å². The molecule has 1 unspecified atom stereocenters. The molecule has 6 nitrogen and oxygen atoms in total. The van der Waals surface area contributed by atoms with E-state index in [1.54, 1.807) is 55.5 Å². The molecular formula is C20H21N3O3. The minimum Gasteiger partial charge on any atom is -0.349 e. The van der Waals surface area contributed by atoms with Crippen LogP contribution >= 0.6 is 0 Å². The van der Waals surface area contributed by atoms with Crippen LogP contribution < -0.4 is 16.0 Å². The van der Waals surface area contributed by atoms with Crippen LogP contribution in [-0.2, 0) is 4.79 Å². The number of hydrogen-bond donors (Lipinski definition) is 3. The number of hydrogen-bond acceptors (Lipinski definition) is 3. The molecule has 1 atom stereocenters. The van der Waals surface area contributed by atoms with Gasteiger partial charge in [0.2, 0.25) is 5.91 Å². The topological polar surface area (TPSA) is 87.3 Å². The Balaban J connectivity index is 1.64. The number of benzene rings is 2. The average molecular weight is 351 g/mol. The molecule has 3 N–H and O–H groups in total. The molecule has 0 aliphatic heterocycles. The molecule has 0 aromatic heterocycles. The molecule has 6 heteroatoms. The Morgan fingerprint density at radius 1 is 0.923 bits per heavy atom. The Hall–Kier alpha value is -3.15. The lowest BCUT2D eigenvalue weighted by molar-refractivity contribution is -0.117. The molecule has 1 aliphatic rings. The molecule has 0 spiro atoms. The highest BCUT2D eigenvalue weighted by Gasteiger charge is 2.25. The van der Waals surface area contributed by atoms with Crippen LogP contribution in [0.15, 0.2) is 54.6 Å². The van der Waals surface area contributed by atoms with E-state index in [9.17, 15) is 14.4 Å². The lowest BCUT2D eigenvalue weighted by atomic mass is 10.1. The molecule has 3 rings (SSSR count). The van der Waals surface area contributed by atoms with Gasteiger partial charge in [-0.1, -0.05) is 30.3 Å². The van der Waals surface area contributed by atoms with Gasteiger partial charge in [-0.2, -0.15) is 0 Å². The highest BCUT2D eigenvalue weighted by Crippen LogP contribution is 2.21.